The molecular formula is C30H33N7O5. The maximum atomic E-state index is 13.5. The summed E-state index contributed by atoms with van der Waals surface area (Å²) in [6.07, 6.45) is 0. The summed E-state index contributed by atoms with van der Waals surface area (Å²) in [6.45, 7) is 5.66. The second-order valence-electron chi connectivity index (χ2n) is 10.3. The van der Waals surface area contributed by atoms with Crippen molar-refractivity contribution in [1.29, 1.82) is 0 Å². The molecule has 2 aromatic carbocycles. The van der Waals surface area contributed by atoms with Crippen molar-refractivity contribution < 1.29 is 14.3 Å². The molecule has 12 nitrogen and oxygen atoms in total. The van der Waals surface area contributed by atoms with Gasteiger partial charge in [0.2, 0.25) is 5.95 Å². The van der Waals surface area contributed by atoms with E-state index in [0.717, 1.165) is 15.7 Å². The van der Waals surface area contributed by atoms with Crippen LogP contribution in [0.2, 0.25) is 0 Å². The summed E-state index contributed by atoms with van der Waals surface area (Å²) < 4.78 is 9.35. The molecule has 0 saturated heterocycles. The number of hydrogen-bond donors (Lipinski definition) is 2. The molecular weight excluding hydrogens is 538 g/mol. The van der Waals surface area contributed by atoms with Crippen LogP contribution in [0, 0.1) is 13.8 Å². The van der Waals surface area contributed by atoms with Crippen molar-refractivity contribution in [3.05, 3.63) is 97.3 Å². The number of anilines is 2. The van der Waals surface area contributed by atoms with Gasteiger partial charge in [0.15, 0.2) is 11.2 Å². The zero-order chi connectivity index (χ0) is 30.3. The van der Waals surface area contributed by atoms with Gasteiger partial charge in [-0.1, -0.05) is 47.5 Å². The standard InChI is InChI=1S/C30H33N7O5/c1-7-42-27(39)22-21(34(4)29(40)32-23(22)19-12-8-17(2)9-13-19)16-37-24-25(35(5)30(41)36(6)26(24)38)33-28(37)31-20-14-10-18(3)11-15-20/h8-15,23H,7,16H2,1-6H3,(H,31,33)(H,32,40)/t23-/m0/s1. The van der Waals surface area contributed by atoms with Crippen molar-refractivity contribution in [2.24, 2.45) is 14.1 Å². The zero-order valence-corrected chi connectivity index (χ0v) is 24.4. The molecule has 1 atom stereocenters. The molecule has 218 valence electrons. The Morgan fingerprint density at radius 2 is 1.57 bits per heavy atom. The summed E-state index contributed by atoms with van der Waals surface area (Å²) in [5, 5.41) is 6.16. The van der Waals surface area contributed by atoms with E-state index in [2.05, 4.69) is 15.6 Å². The lowest BCUT2D eigenvalue weighted by Gasteiger charge is -2.35. The highest BCUT2D eigenvalue weighted by molar-refractivity contribution is 5.95. The van der Waals surface area contributed by atoms with Gasteiger partial charge >= 0.3 is 17.7 Å². The van der Waals surface area contributed by atoms with E-state index in [4.69, 9.17) is 4.74 Å². The number of hydrogen-bond acceptors (Lipinski definition) is 7. The third-order valence-corrected chi connectivity index (χ3v) is 7.45. The quantitative estimate of drug-likeness (QED) is 0.326. The van der Waals surface area contributed by atoms with Gasteiger partial charge in [0, 0.05) is 26.8 Å². The molecule has 42 heavy (non-hydrogen) atoms. The van der Waals surface area contributed by atoms with E-state index in [0.29, 0.717) is 16.9 Å². The van der Waals surface area contributed by atoms with E-state index in [1.807, 2.05) is 62.4 Å². The lowest BCUT2D eigenvalue weighted by Crippen LogP contribution is -2.48. The van der Waals surface area contributed by atoms with Crippen molar-refractivity contribution >= 4 is 34.8 Å². The Bertz CT molecular complexity index is 1850. The number of imidazole rings is 1. The Kier molecular flexibility index (Phi) is 7.46. The van der Waals surface area contributed by atoms with Gasteiger partial charge in [-0.05, 0) is 38.5 Å². The van der Waals surface area contributed by atoms with Gasteiger partial charge in [-0.3, -0.25) is 23.4 Å². The topological polar surface area (TPSA) is 132 Å². The van der Waals surface area contributed by atoms with Crippen LogP contribution in [0.1, 0.15) is 29.7 Å². The minimum atomic E-state index is -0.793. The number of urea groups is 1. The minimum absolute atomic E-state index is 0.0986. The lowest BCUT2D eigenvalue weighted by molar-refractivity contribution is -0.139. The fourth-order valence-corrected chi connectivity index (χ4v) is 5.02. The van der Waals surface area contributed by atoms with E-state index in [-0.39, 0.29) is 35.8 Å². The Balaban J connectivity index is 1.77. The van der Waals surface area contributed by atoms with Crippen LogP contribution in [0.5, 0.6) is 0 Å². The Hall–Kier alpha value is -5.13. The van der Waals surface area contributed by atoms with Crippen LogP contribution >= 0.6 is 0 Å². The van der Waals surface area contributed by atoms with Gasteiger partial charge in [0.25, 0.3) is 5.56 Å². The molecule has 3 heterocycles. The molecule has 0 fully saturated rings. The van der Waals surface area contributed by atoms with Crippen LogP contribution in [0.25, 0.3) is 11.2 Å². The predicted octanol–water partition coefficient (Wildman–Crippen LogP) is 3.01. The molecule has 0 saturated carbocycles. The van der Waals surface area contributed by atoms with Crippen molar-refractivity contribution in [3.63, 3.8) is 0 Å². The molecule has 2 aromatic heterocycles. The summed E-state index contributed by atoms with van der Waals surface area (Å²) in [7, 11) is 4.48. The van der Waals surface area contributed by atoms with E-state index in [1.54, 1.807) is 18.5 Å². The lowest BCUT2D eigenvalue weighted by atomic mass is 9.94. The normalized spacial score (nSPS) is 15.2. The Morgan fingerprint density at radius 1 is 0.952 bits per heavy atom. The number of allylic oxidation sites excluding steroid dienone is 1. The van der Waals surface area contributed by atoms with Crippen LogP contribution < -0.4 is 21.9 Å². The number of carbonyl (C=O) groups excluding carboxylic acids is 2. The summed E-state index contributed by atoms with van der Waals surface area (Å²) >= 11 is 0. The first-order chi connectivity index (χ1) is 20.0. The average Bonchev–Trinajstić information content (AvgIpc) is 3.32. The number of nitrogens with one attached hydrogen (secondary N) is 2. The highest BCUT2D eigenvalue weighted by Gasteiger charge is 2.37. The van der Waals surface area contributed by atoms with Gasteiger partial charge in [-0.15, -0.1) is 0 Å². The number of carbonyl (C=O) groups is 2. The van der Waals surface area contributed by atoms with Crippen LogP contribution in [0.4, 0.5) is 16.4 Å². The molecule has 2 N–H and O–H groups in total. The van der Waals surface area contributed by atoms with Gasteiger partial charge in [-0.25, -0.2) is 14.4 Å². The monoisotopic (exact) mass is 571 g/mol. The van der Waals surface area contributed by atoms with Gasteiger partial charge in [0.05, 0.1) is 30.5 Å². The number of amides is 2. The zero-order valence-electron chi connectivity index (χ0n) is 24.4. The summed E-state index contributed by atoms with van der Waals surface area (Å²) in [5.74, 6) is -0.336. The molecule has 0 bridgehead atoms. The van der Waals surface area contributed by atoms with Gasteiger partial charge in [0.1, 0.15) is 0 Å². The maximum absolute atomic E-state index is 13.5. The highest BCUT2D eigenvalue weighted by atomic mass is 16.5. The second-order valence-corrected chi connectivity index (χ2v) is 10.3. The molecule has 0 unspecified atom stereocenters. The van der Waals surface area contributed by atoms with E-state index < -0.39 is 29.3 Å². The Morgan fingerprint density at radius 3 is 2.19 bits per heavy atom. The molecule has 12 heteroatoms. The molecule has 0 spiro atoms. The van der Waals surface area contributed by atoms with Gasteiger partial charge in [-0.2, -0.15) is 4.98 Å². The fourth-order valence-electron chi connectivity index (χ4n) is 5.02. The number of esters is 1. The van der Waals surface area contributed by atoms with E-state index >= 15 is 0 Å². The fraction of sp³-hybridized carbons (Fsp3) is 0.300. The first-order valence-electron chi connectivity index (χ1n) is 13.5. The van der Waals surface area contributed by atoms with Crippen LogP contribution in [0.3, 0.4) is 0 Å². The average molecular weight is 572 g/mol. The summed E-state index contributed by atoms with van der Waals surface area (Å²) in [6, 6.07) is 13.9. The van der Waals surface area contributed by atoms with Crippen molar-refractivity contribution in [2.75, 3.05) is 19.0 Å². The molecule has 2 amide bonds. The second kappa shape index (κ2) is 11.0. The number of fused-ring (bicyclic) bond motifs is 1. The van der Waals surface area contributed by atoms with Crippen LogP contribution in [-0.4, -0.2) is 49.2 Å². The van der Waals surface area contributed by atoms with Crippen molar-refractivity contribution in [2.45, 2.75) is 33.4 Å². The largest absolute Gasteiger partial charge is 0.463 e. The van der Waals surface area contributed by atoms with Crippen LogP contribution in [-0.2, 0) is 30.2 Å². The highest BCUT2D eigenvalue weighted by Crippen LogP contribution is 2.33. The third kappa shape index (κ3) is 4.95. The van der Waals surface area contributed by atoms with Gasteiger partial charge < -0.3 is 15.4 Å². The molecule has 4 aromatic rings. The molecule has 0 aliphatic carbocycles. The molecule has 0 radical (unpaired) electrons. The molecule has 1 aliphatic heterocycles. The Labute approximate surface area is 241 Å². The molecule has 5 rings (SSSR count). The number of likely N-dealkylation sites (N-methyl/N-ethyl adjacent to an activating group) is 1. The van der Waals surface area contributed by atoms with E-state index in [9.17, 15) is 19.2 Å². The summed E-state index contributed by atoms with van der Waals surface area (Å²) in [4.78, 5) is 59.1. The van der Waals surface area contributed by atoms with E-state index in [1.165, 1.54) is 23.6 Å². The van der Waals surface area contributed by atoms with Crippen molar-refractivity contribution in [3.8, 4) is 0 Å². The minimum Gasteiger partial charge on any atom is -0.463 e. The third-order valence-electron chi connectivity index (χ3n) is 7.45. The molecule has 1 aliphatic rings. The maximum Gasteiger partial charge on any atom is 0.338 e. The predicted molar refractivity (Wildman–Crippen MR) is 159 cm³/mol. The number of nitrogens with zero attached hydrogens (tertiary/aromatic N) is 5. The van der Waals surface area contributed by atoms with Crippen LogP contribution in [0.15, 0.2) is 69.4 Å². The number of benzene rings is 2. The number of rotatable bonds is 7. The number of aromatic nitrogens is 4. The first kappa shape index (κ1) is 28.4. The number of ether oxygens (including phenoxy) is 1. The number of aryl methyl sites for hydroxylation is 3. The first-order valence-corrected chi connectivity index (χ1v) is 13.5. The summed E-state index contributed by atoms with van der Waals surface area (Å²) in [5.41, 5.74) is 3.25. The smallest absolute Gasteiger partial charge is 0.338 e. The van der Waals surface area contributed by atoms with Crippen molar-refractivity contribution in [1.82, 2.24) is 28.9 Å². The SMILES string of the molecule is CCOC(=O)C1=C(Cn2c(Nc3ccc(C)cc3)nc3c2c(=O)n(C)c(=O)n3C)N(C)C(=O)N[C@H]1c1ccc(C)cc1.